The van der Waals surface area contributed by atoms with Gasteiger partial charge < -0.3 is 10.1 Å². The van der Waals surface area contributed by atoms with Gasteiger partial charge in [0.15, 0.2) is 9.84 Å². The molecule has 0 fully saturated rings. The van der Waals surface area contributed by atoms with Crippen LogP contribution in [0.25, 0.3) is 11.0 Å². The van der Waals surface area contributed by atoms with Crippen molar-refractivity contribution in [2.75, 3.05) is 12.0 Å². The van der Waals surface area contributed by atoms with E-state index >= 15 is 0 Å². The summed E-state index contributed by atoms with van der Waals surface area (Å²) in [6.07, 6.45) is 1.05. The maximum absolute atomic E-state index is 11.3. The second-order valence-corrected chi connectivity index (χ2v) is 7.67. The largest absolute Gasteiger partial charge is 0.381 e. The van der Waals surface area contributed by atoms with Crippen LogP contribution in [0.5, 0.6) is 0 Å². The Kier molecular flexibility index (Phi) is 3.55. The number of hydrogen-bond donors (Lipinski definition) is 2. The van der Waals surface area contributed by atoms with Gasteiger partial charge in [0.1, 0.15) is 11.4 Å². The number of nitrogens with zero attached hydrogens (tertiary/aromatic N) is 1. The number of aromatic amines is 1. The molecule has 104 valence electrons. The van der Waals surface area contributed by atoms with Crippen molar-refractivity contribution in [1.82, 2.24) is 9.97 Å². The number of rotatable bonds is 3. The van der Waals surface area contributed by atoms with Crippen LogP contribution in [0.15, 0.2) is 12.1 Å². The minimum Gasteiger partial charge on any atom is -0.381 e. The standard InChI is InChI=1S/C11H12Cl2N2O3S/c1-11(16,5-19(2,17)18)10-14-8-3-6(12)7(13)4-9(8)15-10/h3-4,16H,5H2,1-2H3,(H,14,15). The maximum atomic E-state index is 11.3. The molecular weight excluding hydrogens is 311 g/mol. The molecular formula is C11H12Cl2N2O3S. The Balaban J connectivity index is 2.51. The predicted octanol–water partition coefficient (Wildman–Crippen LogP) is 2.12. The number of fused-ring (bicyclic) bond motifs is 1. The molecule has 2 N–H and O–H groups in total. The Labute approximate surface area is 120 Å². The van der Waals surface area contributed by atoms with Crippen molar-refractivity contribution in [1.29, 1.82) is 0 Å². The average Bonchev–Trinajstić information content (AvgIpc) is 2.58. The monoisotopic (exact) mass is 322 g/mol. The Morgan fingerprint density at radius 3 is 2.53 bits per heavy atom. The quantitative estimate of drug-likeness (QED) is 0.906. The molecule has 0 amide bonds. The molecule has 0 spiro atoms. The molecule has 0 bridgehead atoms. The van der Waals surface area contributed by atoms with E-state index < -0.39 is 21.2 Å². The summed E-state index contributed by atoms with van der Waals surface area (Å²) in [7, 11) is -3.35. The van der Waals surface area contributed by atoms with Gasteiger partial charge in [-0.2, -0.15) is 0 Å². The normalized spacial score (nSPS) is 15.6. The van der Waals surface area contributed by atoms with Gasteiger partial charge in [0, 0.05) is 6.26 Å². The third-order valence-corrected chi connectivity index (χ3v) is 4.39. The molecule has 0 saturated carbocycles. The Morgan fingerprint density at radius 1 is 1.37 bits per heavy atom. The van der Waals surface area contributed by atoms with Crippen molar-refractivity contribution in [2.24, 2.45) is 0 Å². The first kappa shape index (κ1) is 14.6. The summed E-state index contributed by atoms with van der Waals surface area (Å²) in [5.41, 5.74) is -0.512. The Hall–Kier alpha value is -0.820. The second-order valence-electron chi connectivity index (χ2n) is 4.71. The van der Waals surface area contributed by atoms with Crippen molar-refractivity contribution in [2.45, 2.75) is 12.5 Å². The first-order valence-electron chi connectivity index (χ1n) is 5.34. The van der Waals surface area contributed by atoms with Crippen molar-refractivity contribution in [3.8, 4) is 0 Å². The Bertz CT molecular complexity index is 699. The van der Waals surface area contributed by atoms with E-state index in [4.69, 9.17) is 23.2 Å². The van der Waals surface area contributed by atoms with Crippen LogP contribution in [0.1, 0.15) is 12.7 Å². The predicted molar refractivity (Wildman–Crippen MR) is 75.4 cm³/mol. The lowest BCUT2D eigenvalue weighted by atomic mass is 10.1. The molecule has 1 aromatic heterocycles. The zero-order valence-corrected chi connectivity index (χ0v) is 12.6. The summed E-state index contributed by atoms with van der Waals surface area (Å²) in [5, 5.41) is 10.9. The van der Waals surface area contributed by atoms with Gasteiger partial charge in [0.05, 0.1) is 26.8 Å². The first-order valence-corrected chi connectivity index (χ1v) is 8.15. The van der Waals surface area contributed by atoms with Crippen LogP contribution in [0.4, 0.5) is 0 Å². The van der Waals surface area contributed by atoms with Crippen LogP contribution < -0.4 is 0 Å². The third kappa shape index (κ3) is 3.20. The number of hydrogen-bond acceptors (Lipinski definition) is 4. The van der Waals surface area contributed by atoms with E-state index in [0.717, 1.165) is 6.26 Å². The van der Waals surface area contributed by atoms with E-state index in [1.807, 2.05) is 0 Å². The second kappa shape index (κ2) is 4.63. The highest BCUT2D eigenvalue weighted by Gasteiger charge is 2.31. The molecule has 0 aliphatic rings. The average molecular weight is 323 g/mol. The first-order chi connectivity index (χ1) is 8.58. The van der Waals surface area contributed by atoms with Gasteiger partial charge >= 0.3 is 0 Å². The molecule has 0 aliphatic heterocycles. The minimum absolute atomic E-state index is 0.159. The molecule has 2 rings (SSSR count). The van der Waals surface area contributed by atoms with Crippen molar-refractivity contribution in [3.63, 3.8) is 0 Å². The maximum Gasteiger partial charge on any atom is 0.150 e. The highest BCUT2D eigenvalue weighted by Crippen LogP contribution is 2.29. The number of sulfone groups is 1. The van der Waals surface area contributed by atoms with E-state index in [2.05, 4.69) is 9.97 Å². The molecule has 19 heavy (non-hydrogen) atoms. The number of halogens is 2. The lowest BCUT2D eigenvalue weighted by molar-refractivity contribution is 0.0735. The lowest BCUT2D eigenvalue weighted by Crippen LogP contribution is -2.31. The number of aliphatic hydroxyl groups is 1. The third-order valence-electron chi connectivity index (χ3n) is 2.58. The molecule has 0 saturated heterocycles. The summed E-state index contributed by atoms with van der Waals surface area (Å²) in [5.74, 6) is -0.271. The molecule has 1 aromatic carbocycles. The van der Waals surface area contributed by atoms with Crippen molar-refractivity contribution < 1.29 is 13.5 Å². The molecule has 0 aliphatic carbocycles. The summed E-state index contributed by atoms with van der Waals surface area (Å²) in [4.78, 5) is 7.02. The zero-order valence-electron chi connectivity index (χ0n) is 10.2. The number of benzene rings is 1. The van der Waals surface area contributed by atoms with Gasteiger partial charge in [-0.25, -0.2) is 13.4 Å². The van der Waals surface area contributed by atoms with E-state index in [1.54, 1.807) is 12.1 Å². The number of imidazole rings is 1. The molecule has 1 heterocycles. The van der Waals surface area contributed by atoms with Crippen LogP contribution in [0.3, 0.4) is 0 Å². The molecule has 8 heteroatoms. The molecule has 5 nitrogen and oxygen atoms in total. The van der Waals surface area contributed by atoms with Crippen LogP contribution >= 0.6 is 23.2 Å². The fourth-order valence-corrected chi connectivity index (χ4v) is 3.32. The molecule has 0 radical (unpaired) electrons. The Morgan fingerprint density at radius 2 is 1.95 bits per heavy atom. The van der Waals surface area contributed by atoms with Crippen LogP contribution in [0, 0.1) is 0 Å². The van der Waals surface area contributed by atoms with Crippen LogP contribution in [-0.4, -0.2) is 35.5 Å². The smallest absolute Gasteiger partial charge is 0.150 e. The number of nitrogens with one attached hydrogen (secondary N) is 1. The minimum atomic E-state index is -3.35. The van der Waals surface area contributed by atoms with E-state index in [9.17, 15) is 13.5 Å². The highest BCUT2D eigenvalue weighted by atomic mass is 35.5. The van der Waals surface area contributed by atoms with Gasteiger partial charge in [0.25, 0.3) is 0 Å². The summed E-state index contributed by atoms with van der Waals surface area (Å²) in [6, 6.07) is 3.13. The van der Waals surface area contributed by atoms with E-state index in [0.29, 0.717) is 21.1 Å². The van der Waals surface area contributed by atoms with E-state index in [1.165, 1.54) is 6.92 Å². The van der Waals surface area contributed by atoms with Gasteiger partial charge in [-0.3, -0.25) is 0 Å². The van der Waals surface area contributed by atoms with Gasteiger partial charge in [-0.05, 0) is 19.1 Å². The molecule has 2 aromatic rings. The van der Waals surface area contributed by atoms with E-state index in [-0.39, 0.29) is 5.82 Å². The van der Waals surface area contributed by atoms with Crippen LogP contribution in [0.2, 0.25) is 10.0 Å². The number of H-pyrrole nitrogens is 1. The van der Waals surface area contributed by atoms with Gasteiger partial charge in [-0.1, -0.05) is 23.2 Å². The lowest BCUT2D eigenvalue weighted by Gasteiger charge is -2.19. The van der Waals surface area contributed by atoms with Crippen LogP contribution in [-0.2, 0) is 15.4 Å². The fourth-order valence-electron chi connectivity index (χ4n) is 1.84. The fraction of sp³-hybridized carbons (Fsp3) is 0.364. The highest BCUT2D eigenvalue weighted by molar-refractivity contribution is 7.90. The zero-order chi connectivity index (χ0) is 14.4. The molecule has 1 unspecified atom stereocenters. The topological polar surface area (TPSA) is 83.0 Å². The summed E-state index contributed by atoms with van der Waals surface area (Å²) in [6.45, 7) is 1.38. The van der Waals surface area contributed by atoms with Gasteiger partial charge in [0.2, 0.25) is 0 Å². The SMILES string of the molecule is CC(O)(CS(C)(=O)=O)c1nc2cc(Cl)c(Cl)cc2[nH]1. The van der Waals surface area contributed by atoms with Crippen molar-refractivity contribution in [3.05, 3.63) is 28.0 Å². The van der Waals surface area contributed by atoms with Crippen molar-refractivity contribution >= 4 is 44.1 Å². The number of aromatic nitrogens is 2. The summed E-state index contributed by atoms with van der Waals surface area (Å²) < 4.78 is 22.6. The summed E-state index contributed by atoms with van der Waals surface area (Å²) >= 11 is 11.8. The van der Waals surface area contributed by atoms with Gasteiger partial charge in [-0.15, -0.1) is 0 Å². The molecule has 1 atom stereocenters.